The van der Waals surface area contributed by atoms with Crippen LogP contribution in [0.5, 0.6) is 0 Å². The van der Waals surface area contributed by atoms with E-state index in [2.05, 4.69) is 0 Å². The summed E-state index contributed by atoms with van der Waals surface area (Å²) < 4.78 is 25.0. The molecule has 0 aliphatic heterocycles. The Labute approximate surface area is 104 Å². The average molecular weight is 265 g/mol. The Kier molecular flexibility index (Phi) is 6.70. The van der Waals surface area contributed by atoms with E-state index in [0.29, 0.717) is 0 Å². The van der Waals surface area contributed by atoms with E-state index in [9.17, 15) is 13.2 Å². The van der Waals surface area contributed by atoms with Gasteiger partial charge in [-0.3, -0.25) is 4.79 Å². The largest absolute Gasteiger partial charge is 0.481 e. The van der Waals surface area contributed by atoms with Crippen LogP contribution in [0.25, 0.3) is 0 Å². The van der Waals surface area contributed by atoms with Crippen LogP contribution >= 0.6 is 0 Å². The topological polar surface area (TPSA) is 74.7 Å². The number of hydrogen-bond donors (Lipinski definition) is 1. The zero-order chi connectivity index (χ0) is 13.6. The van der Waals surface area contributed by atoms with Gasteiger partial charge in [-0.2, -0.15) is 0 Å². The summed E-state index contributed by atoms with van der Waals surface area (Å²) in [5, 5.41) is 8.74. The highest BCUT2D eigenvalue weighted by Gasteiger charge is 2.24. The molecule has 6 heteroatoms. The van der Waals surface area contributed by atoms with Crippen molar-refractivity contribution in [2.45, 2.75) is 33.6 Å². The third kappa shape index (κ3) is 6.02. The molecule has 0 aliphatic carbocycles. The standard InChI is InChI=1S/C11H23NO4S/c1-5-6-9(2)8-17(15,16)12(4)7-10(3)11(13)14/h9-10H,5-8H2,1-4H3,(H,13,14). The Morgan fingerprint density at radius 3 is 2.29 bits per heavy atom. The molecule has 0 amide bonds. The highest BCUT2D eigenvalue weighted by molar-refractivity contribution is 7.89. The van der Waals surface area contributed by atoms with Crippen LogP contribution in [0, 0.1) is 11.8 Å². The van der Waals surface area contributed by atoms with Crippen molar-refractivity contribution in [3.05, 3.63) is 0 Å². The van der Waals surface area contributed by atoms with Crippen LogP contribution in [0.1, 0.15) is 33.6 Å². The second kappa shape index (κ2) is 6.96. The van der Waals surface area contributed by atoms with E-state index in [1.54, 1.807) is 0 Å². The normalized spacial score (nSPS) is 15.8. The number of sulfonamides is 1. The fourth-order valence-electron chi connectivity index (χ4n) is 1.64. The molecule has 0 heterocycles. The first-order chi connectivity index (χ1) is 7.70. The minimum absolute atomic E-state index is 0.0243. The van der Waals surface area contributed by atoms with Gasteiger partial charge >= 0.3 is 5.97 Å². The maximum Gasteiger partial charge on any atom is 0.307 e. The van der Waals surface area contributed by atoms with Crippen molar-refractivity contribution in [1.29, 1.82) is 0 Å². The second-order valence-corrected chi connectivity index (χ2v) is 6.81. The molecule has 0 rings (SSSR count). The number of nitrogens with zero attached hydrogens (tertiary/aromatic N) is 1. The minimum Gasteiger partial charge on any atom is -0.481 e. The first kappa shape index (κ1) is 16.4. The molecular formula is C11H23NO4S. The predicted molar refractivity (Wildman–Crippen MR) is 67.3 cm³/mol. The van der Waals surface area contributed by atoms with Gasteiger partial charge < -0.3 is 5.11 Å². The van der Waals surface area contributed by atoms with Crippen molar-refractivity contribution in [3.63, 3.8) is 0 Å². The maximum absolute atomic E-state index is 11.9. The lowest BCUT2D eigenvalue weighted by molar-refractivity contribution is -0.141. The molecule has 2 unspecified atom stereocenters. The SMILES string of the molecule is CCCC(C)CS(=O)(=O)N(C)CC(C)C(=O)O. The Morgan fingerprint density at radius 1 is 1.35 bits per heavy atom. The van der Waals surface area contributed by atoms with E-state index < -0.39 is 21.9 Å². The zero-order valence-electron chi connectivity index (χ0n) is 11.0. The van der Waals surface area contributed by atoms with Gasteiger partial charge in [0, 0.05) is 13.6 Å². The summed E-state index contributed by atoms with van der Waals surface area (Å²) in [6.07, 6.45) is 1.81. The predicted octanol–water partition coefficient (Wildman–Crippen LogP) is 1.40. The number of rotatable bonds is 8. The first-order valence-electron chi connectivity index (χ1n) is 5.87. The Bertz CT molecular complexity index is 339. The number of hydrogen-bond acceptors (Lipinski definition) is 3. The Balaban J connectivity index is 4.45. The van der Waals surface area contributed by atoms with Gasteiger partial charge in [0.05, 0.1) is 11.7 Å². The molecule has 0 saturated carbocycles. The van der Waals surface area contributed by atoms with E-state index in [1.807, 2.05) is 13.8 Å². The minimum atomic E-state index is -3.34. The maximum atomic E-state index is 11.9. The first-order valence-corrected chi connectivity index (χ1v) is 7.48. The molecule has 1 N–H and O–H groups in total. The van der Waals surface area contributed by atoms with E-state index >= 15 is 0 Å². The number of aliphatic carboxylic acids is 1. The van der Waals surface area contributed by atoms with Crippen molar-refractivity contribution in [2.75, 3.05) is 19.3 Å². The van der Waals surface area contributed by atoms with Crippen LogP contribution < -0.4 is 0 Å². The fourth-order valence-corrected chi connectivity index (χ4v) is 3.23. The van der Waals surface area contributed by atoms with Gasteiger partial charge in [-0.05, 0) is 12.3 Å². The van der Waals surface area contributed by atoms with Crippen LogP contribution in [0.2, 0.25) is 0 Å². The van der Waals surface area contributed by atoms with Crippen LogP contribution in [0.15, 0.2) is 0 Å². The van der Waals surface area contributed by atoms with Crippen LogP contribution in [-0.4, -0.2) is 43.1 Å². The lowest BCUT2D eigenvalue weighted by Crippen LogP contribution is -2.36. The third-order valence-electron chi connectivity index (χ3n) is 2.70. The van der Waals surface area contributed by atoms with E-state index in [1.165, 1.54) is 14.0 Å². The summed E-state index contributed by atoms with van der Waals surface area (Å²) in [5.74, 6) is -1.47. The molecule has 17 heavy (non-hydrogen) atoms. The quantitative estimate of drug-likeness (QED) is 0.720. The van der Waals surface area contributed by atoms with E-state index in [-0.39, 0.29) is 18.2 Å². The van der Waals surface area contributed by atoms with Crippen molar-refractivity contribution in [2.24, 2.45) is 11.8 Å². The molecular weight excluding hydrogens is 242 g/mol. The molecule has 0 aliphatic rings. The van der Waals surface area contributed by atoms with Crippen molar-refractivity contribution < 1.29 is 18.3 Å². The lowest BCUT2D eigenvalue weighted by atomic mass is 10.1. The highest BCUT2D eigenvalue weighted by atomic mass is 32.2. The molecule has 0 aromatic heterocycles. The smallest absolute Gasteiger partial charge is 0.307 e. The molecule has 0 fully saturated rings. The molecule has 0 aromatic rings. The van der Waals surface area contributed by atoms with Gasteiger partial charge in [0.2, 0.25) is 10.0 Å². The van der Waals surface area contributed by atoms with Gasteiger partial charge in [0.1, 0.15) is 0 Å². The van der Waals surface area contributed by atoms with Crippen molar-refractivity contribution in [3.8, 4) is 0 Å². The number of carboxylic acid groups (broad SMARTS) is 1. The Morgan fingerprint density at radius 2 is 1.88 bits per heavy atom. The third-order valence-corrected chi connectivity index (χ3v) is 4.79. The lowest BCUT2D eigenvalue weighted by Gasteiger charge is -2.21. The molecule has 2 atom stereocenters. The number of carbonyl (C=O) groups is 1. The summed E-state index contributed by atoms with van der Waals surface area (Å²) in [7, 11) is -1.90. The van der Waals surface area contributed by atoms with E-state index in [4.69, 9.17) is 5.11 Å². The van der Waals surface area contributed by atoms with Gasteiger partial charge in [-0.15, -0.1) is 0 Å². The van der Waals surface area contributed by atoms with E-state index in [0.717, 1.165) is 17.1 Å². The summed E-state index contributed by atoms with van der Waals surface area (Å²) in [6.45, 7) is 5.44. The summed E-state index contributed by atoms with van der Waals surface area (Å²) in [5.41, 5.74) is 0. The molecule has 0 spiro atoms. The molecule has 0 radical (unpaired) electrons. The van der Waals surface area contributed by atoms with Crippen LogP contribution in [0.3, 0.4) is 0 Å². The second-order valence-electron chi connectivity index (χ2n) is 4.69. The molecule has 0 aromatic carbocycles. The van der Waals surface area contributed by atoms with Crippen molar-refractivity contribution >= 4 is 16.0 Å². The average Bonchev–Trinajstić information content (AvgIpc) is 2.16. The van der Waals surface area contributed by atoms with Crippen molar-refractivity contribution in [1.82, 2.24) is 4.31 Å². The Hall–Kier alpha value is -0.620. The molecule has 102 valence electrons. The van der Waals surface area contributed by atoms with Crippen LogP contribution in [-0.2, 0) is 14.8 Å². The monoisotopic (exact) mass is 265 g/mol. The van der Waals surface area contributed by atoms with Gasteiger partial charge in [-0.1, -0.05) is 27.2 Å². The summed E-state index contributed by atoms with van der Waals surface area (Å²) >= 11 is 0. The molecule has 5 nitrogen and oxygen atoms in total. The summed E-state index contributed by atoms with van der Waals surface area (Å²) in [6, 6.07) is 0. The fraction of sp³-hybridized carbons (Fsp3) is 0.909. The molecule has 0 saturated heterocycles. The van der Waals surface area contributed by atoms with Gasteiger partial charge in [0.15, 0.2) is 0 Å². The zero-order valence-corrected chi connectivity index (χ0v) is 11.8. The summed E-state index contributed by atoms with van der Waals surface area (Å²) in [4.78, 5) is 10.7. The highest BCUT2D eigenvalue weighted by Crippen LogP contribution is 2.12. The molecule has 0 bridgehead atoms. The number of carboxylic acids is 1. The van der Waals surface area contributed by atoms with Crippen LogP contribution in [0.4, 0.5) is 0 Å². The van der Waals surface area contributed by atoms with Gasteiger partial charge in [-0.25, -0.2) is 12.7 Å². The van der Waals surface area contributed by atoms with Gasteiger partial charge in [0.25, 0.3) is 0 Å².